The molecule has 4 heteroatoms. The fourth-order valence-electron chi connectivity index (χ4n) is 1.29. The van der Waals surface area contributed by atoms with E-state index in [0.29, 0.717) is 11.0 Å². The summed E-state index contributed by atoms with van der Waals surface area (Å²) in [6.07, 6.45) is 0. The molecule has 0 saturated carbocycles. The van der Waals surface area contributed by atoms with Crippen molar-refractivity contribution in [2.75, 3.05) is 5.73 Å². The predicted octanol–water partition coefficient (Wildman–Crippen LogP) is 3.08. The summed E-state index contributed by atoms with van der Waals surface area (Å²) in [5.41, 5.74) is 7.10. The number of alkyl halides is 1. The number of phenolic OH excluding ortho intramolecular Hbond substituents is 1. The minimum atomic E-state index is 0.201. The topological polar surface area (TPSA) is 46.2 Å². The van der Waals surface area contributed by atoms with E-state index < -0.39 is 0 Å². The van der Waals surface area contributed by atoms with Crippen LogP contribution in [0.15, 0.2) is 17.5 Å². The summed E-state index contributed by atoms with van der Waals surface area (Å²) in [6, 6.07) is 3.95. The molecule has 1 aromatic heterocycles. The van der Waals surface area contributed by atoms with Crippen molar-refractivity contribution < 1.29 is 5.11 Å². The van der Waals surface area contributed by atoms with E-state index in [-0.39, 0.29) is 5.75 Å². The molecular formula is C9H8BrNOS. The van der Waals surface area contributed by atoms with Crippen LogP contribution < -0.4 is 5.73 Å². The van der Waals surface area contributed by atoms with Gasteiger partial charge in [0.05, 0.1) is 10.4 Å². The van der Waals surface area contributed by atoms with Crippen molar-refractivity contribution in [3.8, 4) is 5.75 Å². The van der Waals surface area contributed by atoms with Crippen LogP contribution >= 0.6 is 27.3 Å². The smallest absolute Gasteiger partial charge is 0.144 e. The van der Waals surface area contributed by atoms with Gasteiger partial charge < -0.3 is 10.8 Å². The fourth-order valence-corrected chi connectivity index (χ4v) is 2.56. The number of nitrogens with two attached hydrogens (primary N) is 1. The molecule has 0 aliphatic carbocycles. The van der Waals surface area contributed by atoms with Gasteiger partial charge in [-0.05, 0) is 22.9 Å². The summed E-state index contributed by atoms with van der Waals surface area (Å²) in [7, 11) is 0. The van der Waals surface area contributed by atoms with Crippen LogP contribution in [0.25, 0.3) is 10.1 Å². The first-order valence-corrected chi connectivity index (χ1v) is 5.77. The Morgan fingerprint density at radius 3 is 3.00 bits per heavy atom. The molecule has 0 spiro atoms. The summed E-state index contributed by atoms with van der Waals surface area (Å²) in [5, 5.41) is 13.3. The van der Waals surface area contributed by atoms with Gasteiger partial charge in [-0.2, -0.15) is 0 Å². The predicted molar refractivity (Wildman–Crippen MR) is 60.5 cm³/mol. The maximum absolute atomic E-state index is 9.67. The Kier molecular flexibility index (Phi) is 2.17. The highest BCUT2D eigenvalue weighted by Gasteiger charge is 2.09. The molecule has 0 bridgehead atoms. The van der Waals surface area contributed by atoms with E-state index in [1.807, 2.05) is 17.5 Å². The lowest BCUT2D eigenvalue weighted by atomic mass is 10.1. The van der Waals surface area contributed by atoms with E-state index in [2.05, 4.69) is 15.9 Å². The van der Waals surface area contributed by atoms with Crippen molar-refractivity contribution in [2.24, 2.45) is 0 Å². The van der Waals surface area contributed by atoms with Gasteiger partial charge in [-0.25, -0.2) is 0 Å². The summed E-state index contributed by atoms with van der Waals surface area (Å²) in [6.45, 7) is 0. The largest absolute Gasteiger partial charge is 0.505 e. The van der Waals surface area contributed by atoms with E-state index in [1.165, 1.54) is 0 Å². The number of anilines is 1. The monoisotopic (exact) mass is 257 g/mol. The standard InChI is InChI=1S/C9H8BrNOS/c10-4-6-3-5-1-2-13-9(5)7(11)8(6)12/h1-3,12H,4,11H2. The normalized spacial score (nSPS) is 10.8. The lowest BCUT2D eigenvalue weighted by Crippen LogP contribution is -1.89. The van der Waals surface area contributed by atoms with Crippen LogP contribution in [0.1, 0.15) is 5.56 Å². The van der Waals surface area contributed by atoms with Crippen molar-refractivity contribution in [3.05, 3.63) is 23.1 Å². The van der Waals surface area contributed by atoms with Crippen LogP contribution in [0.2, 0.25) is 0 Å². The molecule has 0 atom stereocenters. The van der Waals surface area contributed by atoms with Crippen molar-refractivity contribution in [2.45, 2.75) is 5.33 Å². The Morgan fingerprint density at radius 2 is 2.31 bits per heavy atom. The van der Waals surface area contributed by atoms with Gasteiger partial charge in [0, 0.05) is 10.9 Å². The molecule has 0 fully saturated rings. The molecular weight excluding hydrogens is 250 g/mol. The molecule has 0 aliphatic heterocycles. The van der Waals surface area contributed by atoms with Gasteiger partial charge in [0.2, 0.25) is 0 Å². The Labute approximate surface area is 88.1 Å². The van der Waals surface area contributed by atoms with Gasteiger partial charge >= 0.3 is 0 Å². The van der Waals surface area contributed by atoms with Gasteiger partial charge in [-0.15, -0.1) is 11.3 Å². The first-order valence-electron chi connectivity index (χ1n) is 3.77. The van der Waals surface area contributed by atoms with Gasteiger partial charge in [0.15, 0.2) is 0 Å². The molecule has 0 aliphatic rings. The number of thiophene rings is 1. The van der Waals surface area contributed by atoms with Crippen LogP contribution in [-0.2, 0) is 5.33 Å². The van der Waals surface area contributed by atoms with E-state index in [0.717, 1.165) is 15.6 Å². The maximum Gasteiger partial charge on any atom is 0.144 e. The highest BCUT2D eigenvalue weighted by Crippen LogP contribution is 2.37. The Hall–Kier alpha value is -0.740. The van der Waals surface area contributed by atoms with Gasteiger partial charge in [0.25, 0.3) is 0 Å². The summed E-state index contributed by atoms with van der Waals surface area (Å²) in [5.74, 6) is 0.201. The second-order valence-corrected chi connectivity index (χ2v) is 4.25. The molecule has 2 aromatic rings. The van der Waals surface area contributed by atoms with Crippen molar-refractivity contribution >= 4 is 43.0 Å². The minimum absolute atomic E-state index is 0.201. The number of hydrogen-bond donors (Lipinski definition) is 2. The molecule has 2 nitrogen and oxygen atoms in total. The molecule has 3 N–H and O–H groups in total. The van der Waals surface area contributed by atoms with Crippen LogP contribution in [-0.4, -0.2) is 5.11 Å². The van der Waals surface area contributed by atoms with Gasteiger partial charge in [-0.1, -0.05) is 15.9 Å². The van der Waals surface area contributed by atoms with Gasteiger partial charge in [0.1, 0.15) is 5.75 Å². The van der Waals surface area contributed by atoms with E-state index in [1.54, 1.807) is 11.3 Å². The molecule has 0 saturated heterocycles. The number of rotatable bonds is 1. The SMILES string of the molecule is Nc1c(O)c(CBr)cc2ccsc12. The van der Waals surface area contributed by atoms with Crippen LogP contribution in [0.5, 0.6) is 5.75 Å². The highest BCUT2D eigenvalue weighted by molar-refractivity contribution is 9.08. The zero-order valence-electron chi connectivity index (χ0n) is 6.75. The summed E-state index contributed by atoms with van der Waals surface area (Å²) in [4.78, 5) is 0. The number of halogens is 1. The van der Waals surface area contributed by atoms with Gasteiger partial charge in [-0.3, -0.25) is 0 Å². The number of benzene rings is 1. The average molecular weight is 258 g/mol. The summed E-state index contributed by atoms with van der Waals surface area (Å²) < 4.78 is 0.960. The number of aromatic hydroxyl groups is 1. The minimum Gasteiger partial charge on any atom is -0.505 e. The number of fused-ring (bicyclic) bond motifs is 1. The van der Waals surface area contributed by atoms with Crippen LogP contribution in [0.4, 0.5) is 5.69 Å². The summed E-state index contributed by atoms with van der Waals surface area (Å²) >= 11 is 4.85. The zero-order chi connectivity index (χ0) is 9.42. The average Bonchev–Trinajstić information content (AvgIpc) is 2.59. The van der Waals surface area contributed by atoms with E-state index in [9.17, 15) is 5.11 Å². The van der Waals surface area contributed by atoms with Crippen molar-refractivity contribution in [1.29, 1.82) is 0 Å². The third kappa shape index (κ3) is 1.30. The van der Waals surface area contributed by atoms with Crippen molar-refractivity contribution in [3.63, 3.8) is 0 Å². The van der Waals surface area contributed by atoms with E-state index in [4.69, 9.17) is 5.73 Å². The van der Waals surface area contributed by atoms with Crippen LogP contribution in [0, 0.1) is 0 Å². The molecule has 0 unspecified atom stereocenters. The molecule has 1 aromatic carbocycles. The molecule has 0 amide bonds. The third-order valence-corrected chi connectivity index (χ3v) is 3.54. The molecule has 0 radical (unpaired) electrons. The number of phenols is 1. The highest BCUT2D eigenvalue weighted by atomic mass is 79.9. The molecule has 2 rings (SSSR count). The first kappa shape index (κ1) is 8.84. The quantitative estimate of drug-likeness (QED) is 0.469. The Balaban J connectivity index is 2.83. The fraction of sp³-hybridized carbons (Fsp3) is 0.111. The number of hydrogen-bond acceptors (Lipinski definition) is 3. The molecule has 1 heterocycles. The lowest BCUT2D eigenvalue weighted by Gasteiger charge is -2.05. The Bertz CT molecular complexity index is 452. The molecule has 13 heavy (non-hydrogen) atoms. The zero-order valence-corrected chi connectivity index (χ0v) is 9.15. The first-order chi connectivity index (χ1) is 6.24. The van der Waals surface area contributed by atoms with E-state index >= 15 is 0 Å². The third-order valence-electron chi connectivity index (χ3n) is 1.97. The van der Waals surface area contributed by atoms with Crippen molar-refractivity contribution in [1.82, 2.24) is 0 Å². The van der Waals surface area contributed by atoms with Crippen LogP contribution in [0.3, 0.4) is 0 Å². The molecule has 68 valence electrons. The Morgan fingerprint density at radius 1 is 1.54 bits per heavy atom. The second-order valence-electron chi connectivity index (χ2n) is 2.77. The lowest BCUT2D eigenvalue weighted by molar-refractivity contribution is 0.474. The number of nitrogen functional groups attached to an aromatic ring is 1. The maximum atomic E-state index is 9.67. The second kappa shape index (κ2) is 3.20.